The fourth-order valence-corrected chi connectivity index (χ4v) is 1.10. The monoisotopic (exact) mass is 182 g/mol. The number of nitrogens with zero attached hydrogens (tertiary/aromatic N) is 2. The van der Waals surface area contributed by atoms with Crippen LogP contribution < -0.4 is 0 Å². The van der Waals surface area contributed by atoms with Crippen molar-refractivity contribution < 1.29 is 9.53 Å². The van der Waals surface area contributed by atoms with Gasteiger partial charge in [0.25, 0.3) is 0 Å². The third-order valence-electron chi connectivity index (χ3n) is 1.74. The normalized spacial score (nSPS) is 12.5. The molecule has 1 heterocycles. The van der Waals surface area contributed by atoms with E-state index in [1.165, 1.54) is 0 Å². The van der Waals surface area contributed by atoms with Crippen LogP contribution in [0.1, 0.15) is 26.3 Å². The third kappa shape index (κ3) is 2.89. The molecule has 0 aliphatic carbocycles. The van der Waals surface area contributed by atoms with Crippen molar-refractivity contribution in [1.82, 2.24) is 9.78 Å². The van der Waals surface area contributed by atoms with Crippen molar-refractivity contribution in [1.29, 1.82) is 0 Å². The highest BCUT2D eigenvalue weighted by molar-refractivity contribution is 5.69. The molecule has 0 aliphatic rings. The van der Waals surface area contributed by atoms with Crippen molar-refractivity contribution >= 4 is 5.97 Å². The van der Waals surface area contributed by atoms with Crippen LogP contribution in [0.5, 0.6) is 0 Å². The molecule has 13 heavy (non-hydrogen) atoms. The summed E-state index contributed by atoms with van der Waals surface area (Å²) in [5.74, 6) is -0.175. The zero-order chi connectivity index (χ0) is 9.68. The van der Waals surface area contributed by atoms with Crippen molar-refractivity contribution in [2.24, 2.45) is 0 Å². The predicted octanol–water partition coefficient (Wildman–Crippen LogP) is 1.40. The standard InChI is InChI=1S/C9H14N2O2/c1-3-13-9(12)7-8(2)11-6-4-5-10-11/h4-6,8H,3,7H2,1-2H3/t8-/m1/s1. The van der Waals surface area contributed by atoms with E-state index >= 15 is 0 Å². The number of esters is 1. The zero-order valence-electron chi connectivity index (χ0n) is 7.93. The van der Waals surface area contributed by atoms with Crippen LogP contribution in [-0.4, -0.2) is 22.4 Å². The lowest BCUT2D eigenvalue weighted by atomic mass is 10.2. The van der Waals surface area contributed by atoms with Gasteiger partial charge in [-0.05, 0) is 19.9 Å². The average Bonchev–Trinajstić information content (AvgIpc) is 2.55. The van der Waals surface area contributed by atoms with Gasteiger partial charge in [-0.3, -0.25) is 9.48 Å². The summed E-state index contributed by atoms with van der Waals surface area (Å²) in [4.78, 5) is 11.1. The topological polar surface area (TPSA) is 44.1 Å². The minimum absolute atomic E-state index is 0.0639. The molecular formula is C9H14N2O2. The first-order valence-corrected chi connectivity index (χ1v) is 4.38. The van der Waals surface area contributed by atoms with E-state index in [0.717, 1.165) is 0 Å². The Balaban J connectivity index is 2.42. The molecule has 4 nitrogen and oxygen atoms in total. The predicted molar refractivity (Wildman–Crippen MR) is 48.2 cm³/mol. The summed E-state index contributed by atoms with van der Waals surface area (Å²) < 4.78 is 6.58. The van der Waals surface area contributed by atoms with Gasteiger partial charge in [0.1, 0.15) is 0 Å². The van der Waals surface area contributed by atoms with Crippen LogP contribution in [0.4, 0.5) is 0 Å². The molecule has 72 valence electrons. The van der Waals surface area contributed by atoms with Crippen molar-refractivity contribution in [3.63, 3.8) is 0 Å². The van der Waals surface area contributed by atoms with E-state index < -0.39 is 0 Å². The van der Waals surface area contributed by atoms with Crippen LogP contribution in [0.3, 0.4) is 0 Å². The molecule has 0 saturated heterocycles. The molecule has 0 fully saturated rings. The smallest absolute Gasteiger partial charge is 0.307 e. The van der Waals surface area contributed by atoms with Gasteiger partial charge in [-0.2, -0.15) is 5.10 Å². The van der Waals surface area contributed by atoms with Gasteiger partial charge in [-0.25, -0.2) is 0 Å². The number of carbonyl (C=O) groups excluding carboxylic acids is 1. The summed E-state index contributed by atoms with van der Waals surface area (Å²) in [5.41, 5.74) is 0. The maximum Gasteiger partial charge on any atom is 0.307 e. The molecular weight excluding hydrogens is 168 g/mol. The van der Waals surface area contributed by atoms with E-state index in [1.54, 1.807) is 17.8 Å². The highest BCUT2D eigenvalue weighted by atomic mass is 16.5. The first-order valence-electron chi connectivity index (χ1n) is 4.38. The highest BCUT2D eigenvalue weighted by Gasteiger charge is 2.10. The second-order valence-electron chi connectivity index (χ2n) is 2.84. The number of rotatable bonds is 4. The van der Waals surface area contributed by atoms with Gasteiger partial charge in [0.15, 0.2) is 0 Å². The van der Waals surface area contributed by atoms with Gasteiger partial charge >= 0.3 is 5.97 Å². The lowest BCUT2D eigenvalue weighted by molar-refractivity contribution is -0.143. The van der Waals surface area contributed by atoms with Crippen molar-refractivity contribution in [3.8, 4) is 0 Å². The molecule has 0 saturated carbocycles. The molecule has 0 radical (unpaired) electrons. The lowest BCUT2D eigenvalue weighted by Crippen LogP contribution is -2.13. The van der Waals surface area contributed by atoms with E-state index in [1.807, 2.05) is 19.2 Å². The van der Waals surface area contributed by atoms with Gasteiger partial charge in [0.2, 0.25) is 0 Å². The quantitative estimate of drug-likeness (QED) is 0.661. The Labute approximate surface area is 77.5 Å². The van der Waals surface area contributed by atoms with Crippen LogP contribution in [0.15, 0.2) is 18.5 Å². The van der Waals surface area contributed by atoms with Crippen LogP contribution in [0.25, 0.3) is 0 Å². The summed E-state index contributed by atoms with van der Waals surface area (Å²) in [5, 5.41) is 4.04. The number of carbonyl (C=O) groups is 1. The molecule has 0 aromatic carbocycles. The molecule has 0 spiro atoms. The fraction of sp³-hybridized carbons (Fsp3) is 0.556. The largest absolute Gasteiger partial charge is 0.466 e. The third-order valence-corrected chi connectivity index (χ3v) is 1.74. The molecule has 0 amide bonds. The first-order chi connectivity index (χ1) is 6.24. The maximum absolute atomic E-state index is 11.1. The van der Waals surface area contributed by atoms with Crippen molar-refractivity contribution in [2.75, 3.05) is 6.61 Å². The Morgan fingerprint density at radius 2 is 2.46 bits per heavy atom. The molecule has 4 heteroatoms. The number of ether oxygens (including phenoxy) is 1. The van der Waals surface area contributed by atoms with Gasteiger partial charge in [-0.1, -0.05) is 0 Å². The average molecular weight is 182 g/mol. The van der Waals surface area contributed by atoms with Gasteiger partial charge in [-0.15, -0.1) is 0 Å². The van der Waals surface area contributed by atoms with Crippen LogP contribution >= 0.6 is 0 Å². The fourth-order valence-electron chi connectivity index (χ4n) is 1.10. The van der Waals surface area contributed by atoms with E-state index in [4.69, 9.17) is 4.74 Å². The number of hydrogen-bond donors (Lipinski definition) is 0. The SMILES string of the molecule is CCOC(=O)C[C@@H](C)n1cccn1. The molecule has 0 aliphatic heterocycles. The maximum atomic E-state index is 11.1. The van der Waals surface area contributed by atoms with Gasteiger partial charge in [0.05, 0.1) is 19.1 Å². The molecule has 1 atom stereocenters. The van der Waals surface area contributed by atoms with Crippen LogP contribution in [-0.2, 0) is 9.53 Å². The van der Waals surface area contributed by atoms with Crippen molar-refractivity contribution in [3.05, 3.63) is 18.5 Å². The minimum atomic E-state index is -0.175. The van der Waals surface area contributed by atoms with Crippen LogP contribution in [0, 0.1) is 0 Å². The van der Waals surface area contributed by atoms with E-state index in [2.05, 4.69) is 5.10 Å². The molecule has 1 aromatic heterocycles. The lowest BCUT2D eigenvalue weighted by Gasteiger charge is -2.10. The van der Waals surface area contributed by atoms with E-state index in [-0.39, 0.29) is 12.0 Å². The zero-order valence-corrected chi connectivity index (χ0v) is 7.93. The van der Waals surface area contributed by atoms with Gasteiger partial charge in [0, 0.05) is 12.4 Å². The highest BCUT2D eigenvalue weighted by Crippen LogP contribution is 2.09. The van der Waals surface area contributed by atoms with Gasteiger partial charge < -0.3 is 4.74 Å². The summed E-state index contributed by atoms with van der Waals surface area (Å²) in [7, 11) is 0. The summed E-state index contributed by atoms with van der Waals surface area (Å²) in [6.07, 6.45) is 3.90. The Morgan fingerprint density at radius 1 is 1.69 bits per heavy atom. The molecule has 1 aromatic rings. The summed E-state index contributed by atoms with van der Waals surface area (Å²) >= 11 is 0. The molecule has 1 rings (SSSR count). The summed E-state index contributed by atoms with van der Waals surface area (Å²) in [6.45, 7) is 4.17. The van der Waals surface area contributed by atoms with Crippen LogP contribution in [0.2, 0.25) is 0 Å². The second kappa shape index (κ2) is 4.64. The minimum Gasteiger partial charge on any atom is -0.466 e. The Hall–Kier alpha value is -1.32. The number of aromatic nitrogens is 2. The Morgan fingerprint density at radius 3 is 3.00 bits per heavy atom. The Kier molecular flexibility index (Phi) is 3.49. The van der Waals surface area contributed by atoms with E-state index in [0.29, 0.717) is 13.0 Å². The Bertz CT molecular complexity index is 257. The number of hydrogen-bond acceptors (Lipinski definition) is 3. The molecule has 0 bridgehead atoms. The molecule has 0 N–H and O–H groups in total. The first kappa shape index (κ1) is 9.77. The summed E-state index contributed by atoms with van der Waals surface area (Å²) in [6, 6.07) is 1.90. The van der Waals surface area contributed by atoms with E-state index in [9.17, 15) is 4.79 Å². The molecule has 0 unspecified atom stereocenters. The second-order valence-corrected chi connectivity index (χ2v) is 2.84. The van der Waals surface area contributed by atoms with Crippen molar-refractivity contribution in [2.45, 2.75) is 26.3 Å².